The highest BCUT2D eigenvalue weighted by Crippen LogP contribution is 2.36. The average Bonchev–Trinajstić information content (AvgIpc) is 3.40. The fraction of sp³-hybridized carbons (Fsp3) is 0.294. The predicted octanol–water partition coefficient (Wildman–Crippen LogP) is 4.57. The van der Waals surface area contributed by atoms with Crippen molar-refractivity contribution in [3.05, 3.63) is 57.0 Å². The number of ether oxygens (including phenoxy) is 1. The van der Waals surface area contributed by atoms with E-state index in [2.05, 4.69) is 31.9 Å². The van der Waals surface area contributed by atoms with Gasteiger partial charge in [0.1, 0.15) is 5.75 Å². The van der Waals surface area contributed by atoms with Crippen LogP contribution in [0, 0.1) is 0 Å². The summed E-state index contributed by atoms with van der Waals surface area (Å²) in [5, 5.41) is 0. The second-order valence-electron chi connectivity index (χ2n) is 5.70. The van der Waals surface area contributed by atoms with E-state index in [-0.39, 0.29) is 10.9 Å². The Hall–Kier alpha value is -0.890. The number of hydrogen-bond donors (Lipinski definition) is 0. The Labute approximate surface area is 159 Å². The summed E-state index contributed by atoms with van der Waals surface area (Å²) < 4.78 is 34.4. The van der Waals surface area contributed by atoms with E-state index in [4.69, 9.17) is 4.74 Å². The van der Waals surface area contributed by atoms with Crippen LogP contribution in [0.3, 0.4) is 0 Å². The molecule has 4 nitrogen and oxygen atoms in total. The van der Waals surface area contributed by atoms with E-state index in [1.54, 1.807) is 23.5 Å². The maximum atomic E-state index is 13.2. The fourth-order valence-corrected chi connectivity index (χ4v) is 5.62. The molecule has 1 fully saturated rings. The van der Waals surface area contributed by atoms with Gasteiger partial charge in [-0.05, 0) is 64.7 Å². The van der Waals surface area contributed by atoms with Gasteiger partial charge >= 0.3 is 0 Å². The third kappa shape index (κ3) is 3.85. The maximum absolute atomic E-state index is 13.2. The molecule has 0 atom stereocenters. The molecule has 0 radical (unpaired) electrons. The van der Waals surface area contributed by atoms with E-state index >= 15 is 0 Å². The van der Waals surface area contributed by atoms with E-state index in [9.17, 15) is 8.42 Å². The smallest absolute Gasteiger partial charge is 0.244 e. The summed E-state index contributed by atoms with van der Waals surface area (Å²) in [7, 11) is -1.97. The normalized spacial score (nSPS) is 14.8. The molecule has 1 saturated carbocycles. The Morgan fingerprint density at radius 3 is 2.38 bits per heavy atom. The topological polar surface area (TPSA) is 46.6 Å². The number of hydrogen-bond acceptors (Lipinski definition) is 3. The van der Waals surface area contributed by atoms with E-state index in [0.29, 0.717) is 11.0 Å². The quantitative estimate of drug-likeness (QED) is 0.615. The Morgan fingerprint density at radius 1 is 1.12 bits per heavy atom. The highest BCUT2D eigenvalue weighted by atomic mass is 79.9. The van der Waals surface area contributed by atoms with E-state index in [1.165, 1.54) is 0 Å². The van der Waals surface area contributed by atoms with Crippen molar-refractivity contribution in [3.8, 4) is 5.75 Å². The summed E-state index contributed by atoms with van der Waals surface area (Å²) >= 11 is 6.72. The van der Waals surface area contributed by atoms with E-state index < -0.39 is 10.0 Å². The fourth-order valence-electron chi connectivity index (χ4n) is 2.48. The van der Waals surface area contributed by atoms with Crippen molar-refractivity contribution in [1.29, 1.82) is 0 Å². The van der Waals surface area contributed by atoms with Crippen LogP contribution in [-0.2, 0) is 16.6 Å². The Kier molecular flexibility index (Phi) is 5.34. The van der Waals surface area contributed by atoms with Crippen molar-refractivity contribution in [2.75, 3.05) is 7.11 Å². The van der Waals surface area contributed by atoms with Gasteiger partial charge in [-0.25, -0.2) is 8.42 Å². The zero-order valence-corrected chi connectivity index (χ0v) is 17.1. The van der Waals surface area contributed by atoms with Gasteiger partial charge in [0, 0.05) is 21.5 Å². The lowest BCUT2D eigenvalue weighted by Crippen LogP contribution is -2.32. The van der Waals surface area contributed by atoms with Gasteiger partial charge in [0.25, 0.3) is 0 Å². The van der Waals surface area contributed by atoms with Crippen LogP contribution in [0.2, 0.25) is 0 Å². The summed E-state index contributed by atoms with van der Waals surface area (Å²) in [6.07, 6.45) is 1.81. The molecule has 1 aliphatic carbocycles. The standard InChI is InChI=1S/C17H17Br2NO3S/c1-23-15-7-2-12(3-8-15)11-20(14-5-6-14)24(21,22)17-10-13(18)4-9-16(17)19/h2-4,7-10,14H,5-6,11H2,1H3. The van der Waals surface area contributed by atoms with Gasteiger partial charge in [0.2, 0.25) is 10.0 Å². The van der Waals surface area contributed by atoms with Crippen LogP contribution in [0.1, 0.15) is 18.4 Å². The zero-order chi connectivity index (χ0) is 17.3. The first kappa shape index (κ1) is 17.9. The summed E-state index contributed by atoms with van der Waals surface area (Å²) in [5.74, 6) is 0.759. The number of halogens is 2. The summed E-state index contributed by atoms with van der Waals surface area (Å²) in [4.78, 5) is 0.289. The van der Waals surface area contributed by atoms with Crippen molar-refractivity contribution in [1.82, 2.24) is 4.31 Å². The van der Waals surface area contributed by atoms with Crippen LogP contribution in [0.15, 0.2) is 56.3 Å². The Bertz CT molecular complexity index is 833. The molecule has 7 heteroatoms. The molecule has 0 aromatic heterocycles. The molecule has 1 aliphatic rings. The Morgan fingerprint density at radius 2 is 1.79 bits per heavy atom. The van der Waals surface area contributed by atoms with Crippen LogP contribution in [-0.4, -0.2) is 25.9 Å². The van der Waals surface area contributed by atoms with Crippen LogP contribution in [0.25, 0.3) is 0 Å². The average molecular weight is 475 g/mol. The van der Waals surface area contributed by atoms with Crippen LogP contribution in [0.4, 0.5) is 0 Å². The third-order valence-electron chi connectivity index (χ3n) is 3.93. The minimum atomic E-state index is -3.58. The van der Waals surface area contributed by atoms with Gasteiger partial charge < -0.3 is 4.74 Å². The first-order valence-corrected chi connectivity index (χ1v) is 10.5. The van der Waals surface area contributed by atoms with Crippen LogP contribution in [0.5, 0.6) is 5.75 Å². The van der Waals surface area contributed by atoms with E-state index in [0.717, 1.165) is 28.6 Å². The third-order valence-corrected chi connectivity index (χ3v) is 7.32. The molecule has 0 amide bonds. The lowest BCUT2D eigenvalue weighted by atomic mass is 10.2. The molecule has 2 aromatic rings. The molecule has 0 unspecified atom stereocenters. The number of methoxy groups -OCH3 is 1. The summed E-state index contributed by atoms with van der Waals surface area (Å²) in [5.41, 5.74) is 0.942. The first-order valence-electron chi connectivity index (χ1n) is 7.51. The van der Waals surface area contributed by atoms with Gasteiger partial charge in [0.05, 0.1) is 12.0 Å². The summed E-state index contributed by atoms with van der Waals surface area (Å²) in [6, 6.07) is 12.8. The number of nitrogens with zero attached hydrogens (tertiary/aromatic N) is 1. The van der Waals surface area contributed by atoms with Crippen molar-refractivity contribution in [2.45, 2.75) is 30.3 Å². The largest absolute Gasteiger partial charge is 0.497 e. The molecule has 0 heterocycles. The predicted molar refractivity (Wildman–Crippen MR) is 101 cm³/mol. The van der Waals surface area contributed by atoms with Crippen molar-refractivity contribution >= 4 is 41.9 Å². The lowest BCUT2D eigenvalue weighted by molar-refractivity contribution is 0.396. The van der Waals surface area contributed by atoms with Crippen LogP contribution < -0.4 is 4.74 Å². The van der Waals surface area contributed by atoms with E-state index in [1.807, 2.05) is 30.3 Å². The molecular weight excluding hydrogens is 458 g/mol. The number of benzene rings is 2. The maximum Gasteiger partial charge on any atom is 0.244 e. The van der Waals surface area contributed by atoms with Crippen LogP contribution >= 0.6 is 31.9 Å². The molecule has 0 aliphatic heterocycles. The van der Waals surface area contributed by atoms with Crippen molar-refractivity contribution < 1.29 is 13.2 Å². The SMILES string of the molecule is COc1ccc(CN(C2CC2)S(=O)(=O)c2cc(Br)ccc2Br)cc1. The number of rotatable bonds is 6. The second kappa shape index (κ2) is 7.15. The highest BCUT2D eigenvalue weighted by Gasteiger charge is 2.38. The molecular formula is C17H17Br2NO3S. The van der Waals surface area contributed by atoms with Crippen molar-refractivity contribution in [3.63, 3.8) is 0 Å². The monoisotopic (exact) mass is 473 g/mol. The Balaban J connectivity index is 1.93. The second-order valence-corrected chi connectivity index (χ2v) is 9.33. The minimum absolute atomic E-state index is 0.0722. The summed E-state index contributed by atoms with van der Waals surface area (Å²) in [6.45, 7) is 0.357. The highest BCUT2D eigenvalue weighted by molar-refractivity contribution is 9.11. The lowest BCUT2D eigenvalue weighted by Gasteiger charge is -2.23. The molecule has 24 heavy (non-hydrogen) atoms. The molecule has 0 N–H and O–H groups in total. The van der Waals surface area contributed by atoms with Crippen molar-refractivity contribution in [2.24, 2.45) is 0 Å². The van der Waals surface area contributed by atoms with Gasteiger partial charge in [-0.1, -0.05) is 28.1 Å². The first-order chi connectivity index (χ1) is 11.4. The molecule has 0 saturated heterocycles. The van der Waals surface area contributed by atoms with Gasteiger partial charge in [-0.2, -0.15) is 4.31 Å². The van der Waals surface area contributed by atoms with Gasteiger partial charge in [-0.3, -0.25) is 0 Å². The zero-order valence-electron chi connectivity index (χ0n) is 13.1. The number of sulfonamides is 1. The minimum Gasteiger partial charge on any atom is -0.497 e. The molecule has 2 aromatic carbocycles. The van der Waals surface area contributed by atoms with Gasteiger partial charge in [0.15, 0.2) is 0 Å². The molecule has 128 valence electrons. The molecule has 0 spiro atoms. The molecule has 0 bridgehead atoms. The van der Waals surface area contributed by atoms with Gasteiger partial charge in [-0.15, -0.1) is 0 Å². The molecule has 3 rings (SSSR count).